The fourth-order valence-electron chi connectivity index (χ4n) is 2.47. The van der Waals surface area contributed by atoms with Crippen LogP contribution in [-0.4, -0.2) is 22.8 Å². The molecule has 142 valence electrons. The molecule has 0 radical (unpaired) electrons. The Morgan fingerprint density at radius 3 is 2.39 bits per heavy atom. The summed E-state index contributed by atoms with van der Waals surface area (Å²) < 4.78 is -0.108. The average Bonchev–Trinajstić information content (AvgIpc) is 2.62. The number of urea groups is 1. The Balaban J connectivity index is 2.07. The fourth-order valence-corrected chi connectivity index (χ4v) is 3.06. The third-order valence-electron chi connectivity index (χ3n) is 3.74. The molecule has 9 nitrogen and oxygen atoms in total. The van der Waals surface area contributed by atoms with Gasteiger partial charge in [0.25, 0.3) is 17.5 Å². The first kappa shape index (κ1) is 19.5. The van der Waals surface area contributed by atoms with Crippen molar-refractivity contribution in [1.29, 1.82) is 0 Å². The Labute approximate surface area is 170 Å². The van der Waals surface area contributed by atoms with Gasteiger partial charge in [-0.2, -0.15) is 0 Å². The standard InChI is InChI=1S/C17H9BrClN3O6/c18-12-6-8(7-13(14(12)23)22(27)28)5-11-15(24)20-17(26)21(16(11)25)10-3-1-9(19)2-4-10/h1-7,23H,(H,20,24,26)/p-1/b11-5+. The predicted octanol–water partition coefficient (Wildman–Crippen LogP) is 2.75. The molecule has 11 heteroatoms. The van der Waals surface area contributed by atoms with E-state index >= 15 is 0 Å². The van der Waals surface area contributed by atoms with Crippen molar-refractivity contribution in [3.8, 4) is 5.75 Å². The first-order valence-corrected chi connectivity index (χ1v) is 8.68. The molecule has 0 unspecified atom stereocenters. The number of hydrogen-bond donors (Lipinski definition) is 1. The van der Waals surface area contributed by atoms with Crippen LogP contribution in [0.1, 0.15) is 5.56 Å². The van der Waals surface area contributed by atoms with Gasteiger partial charge in [0.15, 0.2) is 0 Å². The maximum absolute atomic E-state index is 12.7. The van der Waals surface area contributed by atoms with Crippen LogP contribution in [0.25, 0.3) is 6.08 Å². The molecular weight excluding hydrogens is 458 g/mol. The maximum atomic E-state index is 12.7. The molecule has 0 aromatic heterocycles. The van der Waals surface area contributed by atoms with Crippen LogP contribution in [-0.2, 0) is 9.59 Å². The quantitative estimate of drug-likeness (QED) is 0.321. The monoisotopic (exact) mass is 464 g/mol. The number of hydrogen-bond acceptors (Lipinski definition) is 6. The second-order valence-corrected chi connectivity index (χ2v) is 6.83. The Hall–Kier alpha value is -3.24. The summed E-state index contributed by atoms with van der Waals surface area (Å²) in [6.07, 6.45) is 1.06. The smallest absolute Gasteiger partial charge is 0.335 e. The SMILES string of the molecule is O=C1NC(=O)N(c2ccc(Cl)cc2)C(=O)/C1=C/c1cc(Br)c([O-])c([N+](=O)[O-])c1. The van der Waals surface area contributed by atoms with Crippen molar-refractivity contribution >= 4 is 62.8 Å². The minimum absolute atomic E-state index is 0.0575. The van der Waals surface area contributed by atoms with Crippen LogP contribution in [0.4, 0.5) is 16.2 Å². The van der Waals surface area contributed by atoms with Gasteiger partial charge in [-0.05, 0) is 47.7 Å². The number of nitrogens with one attached hydrogen (secondary N) is 1. The van der Waals surface area contributed by atoms with E-state index in [1.54, 1.807) is 0 Å². The molecule has 2 aromatic rings. The van der Waals surface area contributed by atoms with E-state index in [1.807, 2.05) is 5.32 Å². The number of imide groups is 2. The normalized spacial score (nSPS) is 15.7. The third kappa shape index (κ3) is 3.59. The molecule has 3 rings (SSSR count). The topological polar surface area (TPSA) is 133 Å². The molecule has 1 heterocycles. The number of barbiturate groups is 1. The second-order valence-electron chi connectivity index (χ2n) is 5.54. The lowest BCUT2D eigenvalue weighted by atomic mass is 10.1. The van der Waals surface area contributed by atoms with Gasteiger partial charge in [-0.1, -0.05) is 27.5 Å². The van der Waals surface area contributed by atoms with Gasteiger partial charge in [0, 0.05) is 15.6 Å². The summed E-state index contributed by atoms with van der Waals surface area (Å²) in [6, 6.07) is 6.98. The zero-order valence-corrected chi connectivity index (χ0v) is 16.0. The molecule has 2 aromatic carbocycles. The van der Waals surface area contributed by atoms with Gasteiger partial charge in [-0.25, -0.2) is 9.69 Å². The number of benzene rings is 2. The molecule has 1 fully saturated rings. The van der Waals surface area contributed by atoms with E-state index in [0.717, 1.165) is 17.0 Å². The number of carbonyl (C=O) groups excluding carboxylic acids is 3. The summed E-state index contributed by atoms with van der Waals surface area (Å²) in [7, 11) is 0. The van der Waals surface area contributed by atoms with E-state index in [-0.39, 0.29) is 15.7 Å². The van der Waals surface area contributed by atoms with Crippen molar-refractivity contribution in [3.63, 3.8) is 0 Å². The number of nitro benzene ring substituents is 1. The third-order valence-corrected chi connectivity index (χ3v) is 4.58. The Bertz CT molecular complexity index is 1070. The summed E-state index contributed by atoms with van der Waals surface area (Å²) in [6.45, 7) is 0. The highest BCUT2D eigenvalue weighted by Crippen LogP contribution is 2.34. The highest BCUT2D eigenvalue weighted by Gasteiger charge is 2.36. The van der Waals surface area contributed by atoms with Gasteiger partial charge >= 0.3 is 6.03 Å². The minimum Gasteiger partial charge on any atom is -0.867 e. The molecule has 1 saturated heterocycles. The van der Waals surface area contributed by atoms with Crippen LogP contribution in [0, 0.1) is 10.1 Å². The molecule has 0 atom stereocenters. The molecule has 1 aliphatic heterocycles. The first-order valence-electron chi connectivity index (χ1n) is 7.51. The van der Waals surface area contributed by atoms with E-state index in [9.17, 15) is 29.6 Å². The Morgan fingerprint density at radius 1 is 1.14 bits per heavy atom. The largest absolute Gasteiger partial charge is 0.867 e. The zero-order chi connectivity index (χ0) is 20.6. The Morgan fingerprint density at radius 2 is 1.79 bits per heavy atom. The average molecular weight is 466 g/mol. The molecule has 1 aliphatic rings. The van der Waals surface area contributed by atoms with Crippen LogP contribution < -0.4 is 15.3 Å². The van der Waals surface area contributed by atoms with Crippen molar-refractivity contribution in [3.05, 3.63) is 67.1 Å². The van der Waals surface area contributed by atoms with Gasteiger partial charge in [0.05, 0.1) is 10.6 Å². The lowest BCUT2D eigenvalue weighted by Gasteiger charge is -2.26. The van der Waals surface area contributed by atoms with E-state index in [2.05, 4.69) is 15.9 Å². The highest BCUT2D eigenvalue weighted by molar-refractivity contribution is 9.10. The van der Waals surface area contributed by atoms with Crippen molar-refractivity contribution in [2.75, 3.05) is 4.90 Å². The predicted molar refractivity (Wildman–Crippen MR) is 101 cm³/mol. The van der Waals surface area contributed by atoms with Crippen LogP contribution >= 0.6 is 27.5 Å². The van der Waals surface area contributed by atoms with E-state index in [1.165, 1.54) is 30.3 Å². The molecule has 0 saturated carbocycles. The summed E-state index contributed by atoms with van der Waals surface area (Å²) in [5.41, 5.74) is -0.931. The van der Waals surface area contributed by atoms with Gasteiger partial charge < -0.3 is 5.11 Å². The van der Waals surface area contributed by atoms with Crippen LogP contribution in [0.3, 0.4) is 0 Å². The molecule has 1 N–H and O–H groups in total. The van der Waals surface area contributed by atoms with Gasteiger partial charge in [0.1, 0.15) is 5.57 Å². The number of nitro groups is 1. The molecular formula is C17H8BrClN3O6-. The molecule has 0 spiro atoms. The van der Waals surface area contributed by atoms with E-state index < -0.39 is 39.8 Å². The summed E-state index contributed by atoms with van der Waals surface area (Å²) in [5, 5.41) is 25.2. The lowest BCUT2D eigenvalue weighted by Crippen LogP contribution is -2.54. The molecule has 28 heavy (non-hydrogen) atoms. The van der Waals surface area contributed by atoms with Gasteiger partial charge in [0.2, 0.25) is 0 Å². The summed E-state index contributed by atoms with van der Waals surface area (Å²) >= 11 is 8.71. The maximum Gasteiger partial charge on any atom is 0.335 e. The van der Waals surface area contributed by atoms with Crippen molar-refractivity contribution in [2.24, 2.45) is 0 Å². The van der Waals surface area contributed by atoms with Crippen molar-refractivity contribution < 1.29 is 24.4 Å². The van der Waals surface area contributed by atoms with Crippen LogP contribution in [0.5, 0.6) is 5.75 Å². The molecule has 0 bridgehead atoms. The Kier molecular flexibility index (Phi) is 5.16. The van der Waals surface area contributed by atoms with Crippen LogP contribution in [0.2, 0.25) is 5.02 Å². The number of nitrogens with zero attached hydrogens (tertiary/aromatic N) is 2. The number of anilines is 1. The number of halogens is 2. The second kappa shape index (κ2) is 7.41. The van der Waals surface area contributed by atoms with E-state index in [0.29, 0.717) is 5.02 Å². The number of rotatable bonds is 3. The molecule has 0 aliphatic carbocycles. The molecule has 4 amide bonds. The summed E-state index contributed by atoms with van der Waals surface area (Å²) in [4.78, 5) is 47.9. The van der Waals surface area contributed by atoms with Crippen molar-refractivity contribution in [1.82, 2.24) is 5.32 Å². The van der Waals surface area contributed by atoms with E-state index in [4.69, 9.17) is 11.6 Å². The first-order chi connectivity index (χ1) is 13.2. The lowest BCUT2D eigenvalue weighted by molar-refractivity contribution is -0.398. The number of carbonyl (C=O) groups is 3. The summed E-state index contributed by atoms with van der Waals surface area (Å²) in [5.74, 6) is -2.74. The zero-order valence-electron chi connectivity index (χ0n) is 13.6. The van der Waals surface area contributed by atoms with Crippen LogP contribution in [0.15, 0.2) is 46.4 Å². The minimum atomic E-state index is -0.967. The number of amides is 4. The highest BCUT2D eigenvalue weighted by atomic mass is 79.9. The van der Waals surface area contributed by atoms with Gasteiger partial charge in [-0.15, -0.1) is 0 Å². The van der Waals surface area contributed by atoms with Crippen molar-refractivity contribution in [2.45, 2.75) is 0 Å². The fraction of sp³-hybridized carbons (Fsp3) is 0. The van der Waals surface area contributed by atoms with Gasteiger partial charge in [-0.3, -0.25) is 25.0 Å².